The van der Waals surface area contributed by atoms with Gasteiger partial charge in [-0.25, -0.2) is 0 Å². The molecule has 1 aromatic rings. The van der Waals surface area contributed by atoms with Crippen LogP contribution < -0.4 is 0 Å². The Morgan fingerprint density at radius 2 is 2.17 bits per heavy atom. The SMILES string of the molecule is Cc1ccccc1[C@H]1O[C@@H]1C=O. The van der Waals surface area contributed by atoms with E-state index in [1.165, 1.54) is 5.56 Å². The van der Waals surface area contributed by atoms with Crippen LogP contribution in [0, 0.1) is 6.92 Å². The lowest BCUT2D eigenvalue weighted by Gasteiger charge is -1.98. The standard InChI is InChI=1S/C10H10O2/c1-7-4-2-3-5-8(7)10-9(6-11)12-10/h2-6,9-10H,1H3/t9-,10-/m1/s1. The van der Waals surface area contributed by atoms with Gasteiger partial charge in [-0.3, -0.25) is 0 Å². The summed E-state index contributed by atoms with van der Waals surface area (Å²) in [6.07, 6.45) is 0.673. The minimum atomic E-state index is -0.203. The van der Waals surface area contributed by atoms with Gasteiger partial charge in [0.2, 0.25) is 0 Å². The van der Waals surface area contributed by atoms with E-state index in [0.717, 1.165) is 11.8 Å². The molecule has 2 heteroatoms. The van der Waals surface area contributed by atoms with E-state index in [2.05, 4.69) is 0 Å². The summed E-state index contributed by atoms with van der Waals surface area (Å²) in [5.41, 5.74) is 2.32. The Hall–Kier alpha value is -1.15. The molecule has 62 valence electrons. The van der Waals surface area contributed by atoms with Crippen LogP contribution in [-0.4, -0.2) is 12.4 Å². The van der Waals surface area contributed by atoms with Crippen LogP contribution in [0.25, 0.3) is 0 Å². The second-order valence-electron chi connectivity index (χ2n) is 3.01. The normalized spacial score (nSPS) is 26.8. The number of epoxide rings is 1. The molecule has 0 aliphatic carbocycles. The second-order valence-corrected chi connectivity index (χ2v) is 3.01. The van der Waals surface area contributed by atoms with E-state index >= 15 is 0 Å². The molecule has 12 heavy (non-hydrogen) atoms. The van der Waals surface area contributed by atoms with Crippen LogP contribution >= 0.6 is 0 Å². The summed E-state index contributed by atoms with van der Waals surface area (Å²) in [5.74, 6) is 0. The fourth-order valence-corrected chi connectivity index (χ4v) is 1.38. The maximum atomic E-state index is 10.3. The molecular weight excluding hydrogens is 152 g/mol. The van der Waals surface area contributed by atoms with Crippen molar-refractivity contribution in [3.63, 3.8) is 0 Å². The van der Waals surface area contributed by atoms with Crippen LogP contribution in [0.5, 0.6) is 0 Å². The molecule has 1 aromatic carbocycles. The number of rotatable bonds is 2. The summed E-state index contributed by atoms with van der Waals surface area (Å²) in [6.45, 7) is 2.03. The van der Waals surface area contributed by atoms with Crippen molar-refractivity contribution in [2.75, 3.05) is 0 Å². The zero-order valence-electron chi connectivity index (χ0n) is 6.86. The van der Waals surface area contributed by atoms with Crippen molar-refractivity contribution in [2.24, 2.45) is 0 Å². The first kappa shape index (κ1) is 7.50. The second kappa shape index (κ2) is 2.72. The number of carbonyl (C=O) groups excluding carboxylic acids is 1. The Morgan fingerprint density at radius 3 is 2.75 bits per heavy atom. The molecule has 0 amide bonds. The largest absolute Gasteiger partial charge is 0.356 e. The zero-order valence-corrected chi connectivity index (χ0v) is 6.86. The maximum Gasteiger partial charge on any atom is 0.151 e. The van der Waals surface area contributed by atoms with E-state index in [1.54, 1.807) is 0 Å². The Labute approximate surface area is 71.2 Å². The van der Waals surface area contributed by atoms with Crippen LogP contribution in [0.2, 0.25) is 0 Å². The number of carbonyl (C=O) groups is 1. The molecular formula is C10H10O2. The number of ether oxygens (including phenoxy) is 1. The molecule has 2 nitrogen and oxygen atoms in total. The molecule has 1 aliphatic rings. The van der Waals surface area contributed by atoms with E-state index in [-0.39, 0.29) is 12.2 Å². The van der Waals surface area contributed by atoms with Crippen molar-refractivity contribution < 1.29 is 9.53 Å². The number of hydrogen-bond acceptors (Lipinski definition) is 2. The van der Waals surface area contributed by atoms with Crippen molar-refractivity contribution in [3.05, 3.63) is 35.4 Å². The molecule has 0 aromatic heterocycles. The maximum absolute atomic E-state index is 10.3. The monoisotopic (exact) mass is 162 g/mol. The third kappa shape index (κ3) is 1.14. The molecule has 2 rings (SSSR count). The number of aryl methyl sites for hydroxylation is 1. The molecule has 0 radical (unpaired) electrons. The van der Waals surface area contributed by atoms with Gasteiger partial charge in [0, 0.05) is 0 Å². The highest BCUT2D eigenvalue weighted by atomic mass is 16.6. The van der Waals surface area contributed by atoms with Crippen molar-refractivity contribution in [3.8, 4) is 0 Å². The van der Waals surface area contributed by atoms with Gasteiger partial charge < -0.3 is 9.53 Å². The van der Waals surface area contributed by atoms with Gasteiger partial charge in [-0.05, 0) is 18.1 Å². The minimum Gasteiger partial charge on any atom is -0.356 e. The van der Waals surface area contributed by atoms with Crippen molar-refractivity contribution in [1.82, 2.24) is 0 Å². The average molecular weight is 162 g/mol. The summed E-state index contributed by atoms with van der Waals surface area (Å²) in [6, 6.07) is 7.98. The lowest BCUT2D eigenvalue weighted by atomic mass is 10.0. The van der Waals surface area contributed by atoms with E-state index in [1.807, 2.05) is 31.2 Å². The van der Waals surface area contributed by atoms with Gasteiger partial charge in [-0.2, -0.15) is 0 Å². The molecule has 0 unspecified atom stereocenters. The van der Waals surface area contributed by atoms with Gasteiger partial charge in [0.15, 0.2) is 6.29 Å². The fourth-order valence-electron chi connectivity index (χ4n) is 1.38. The Kier molecular flexibility index (Phi) is 1.70. The summed E-state index contributed by atoms with van der Waals surface area (Å²) in [5, 5.41) is 0. The van der Waals surface area contributed by atoms with Crippen LogP contribution in [0.3, 0.4) is 0 Å². The van der Waals surface area contributed by atoms with Gasteiger partial charge >= 0.3 is 0 Å². The molecule has 1 fully saturated rings. The summed E-state index contributed by atoms with van der Waals surface area (Å²) < 4.78 is 5.16. The minimum absolute atomic E-state index is 0.0173. The molecule has 0 N–H and O–H groups in total. The Bertz CT molecular complexity index is 306. The van der Waals surface area contributed by atoms with Crippen LogP contribution in [0.4, 0.5) is 0 Å². The first-order valence-electron chi connectivity index (χ1n) is 3.99. The molecule has 0 saturated carbocycles. The fraction of sp³-hybridized carbons (Fsp3) is 0.300. The highest BCUT2D eigenvalue weighted by Gasteiger charge is 2.40. The Balaban J connectivity index is 2.25. The summed E-state index contributed by atoms with van der Waals surface area (Å²) in [7, 11) is 0. The van der Waals surface area contributed by atoms with Crippen LogP contribution in [0.15, 0.2) is 24.3 Å². The van der Waals surface area contributed by atoms with Crippen LogP contribution in [-0.2, 0) is 9.53 Å². The van der Waals surface area contributed by atoms with Crippen molar-refractivity contribution in [1.29, 1.82) is 0 Å². The number of aldehydes is 1. The van der Waals surface area contributed by atoms with E-state index in [9.17, 15) is 4.79 Å². The molecule has 1 saturated heterocycles. The van der Waals surface area contributed by atoms with Gasteiger partial charge in [0.1, 0.15) is 12.2 Å². The Morgan fingerprint density at radius 1 is 1.42 bits per heavy atom. The molecule has 2 atom stereocenters. The smallest absolute Gasteiger partial charge is 0.151 e. The topological polar surface area (TPSA) is 29.6 Å². The predicted octanol–water partition coefficient (Wildman–Crippen LogP) is 1.63. The lowest BCUT2D eigenvalue weighted by Crippen LogP contribution is -1.91. The predicted molar refractivity (Wildman–Crippen MR) is 44.9 cm³/mol. The zero-order chi connectivity index (χ0) is 8.55. The third-order valence-corrected chi connectivity index (χ3v) is 2.15. The van der Waals surface area contributed by atoms with E-state index in [4.69, 9.17) is 4.74 Å². The van der Waals surface area contributed by atoms with Gasteiger partial charge in [-0.1, -0.05) is 24.3 Å². The highest BCUT2D eigenvalue weighted by molar-refractivity contribution is 5.62. The average Bonchev–Trinajstić information content (AvgIpc) is 2.84. The van der Waals surface area contributed by atoms with Crippen LogP contribution in [0.1, 0.15) is 17.2 Å². The quantitative estimate of drug-likeness (QED) is 0.488. The number of hydrogen-bond donors (Lipinski definition) is 0. The molecule has 1 aliphatic heterocycles. The lowest BCUT2D eigenvalue weighted by molar-refractivity contribution is -0.108. The van der Waals surface area contributed by atoms with Gasteiger partial charge in [-0.15, -0.1) is 0 Å². The molecule has 1 heterocycles. The first-order chi connectivity index (χ1) is 5.83. The third-order valence-electron chi connectivity index (χ3n) is 2.15. The van der Waals surface area contributed by atoms with Crippen molar-refractivity contribution in [2.45, 2.75) is 19.1 Å². The van der Waals surface area contributed by atoms with E-state index < -0.39 is 0 Å². The van der Waals surface area contributed by atoms with Crippen molar-refractivity contribution >= 4 is 6.29 Å². The number of benzene rings is 1. The summed E-state index contributed by atoms with van der Waals surface area (Å²) >= 11 is 0. The van der Waals surface area contributed by atoms with E-state index in [0.29, 0.717) is 0 Å². The molecule has 0 spiro atoms. The molecule has 0 bridgehead atoms. The first-order valence-corrected chi connectivity index (χ1v) is 3.99. The van der Waals surface area contributed by atoms with Gasteiger partial charge in [0.05, 0.1) is 0 Å². The summed E-state index contributed by atoms with van der Waals surface area (Å²) in [4.78, 5) is 10.3. The van der Waals surface area contributed by atoms with Gasteiger partial charge in [0.25, 0.3) is 0 Å². The highest BCUT2D eigenvalue weighted by Crippen LogP contribution is 2.38.